The Labute approximate surface area is 66.6 Å². The van der Waals surface area contributed by atoms with Gasteiger partial charge >= 0.3 is 0 Å². The van der Waals surface area contributed by atoms with Crippen LogP contribution in [0.15, 0.2) is 24.2 Å². The molecule has 0 saturated heterocycles. The zero-order valence-corrected chi connectivity index (χ0v) is 6.61. The van der Waals surface area contributed by atoms with Crippen molar-refractivity contribution in [3.63, 3.8) is 0 Å². The molecular weight excluding hydrogens is 143 g/mol. The summed E-state index contributed by atoms with van der Waals surface area (Å²) in [4.78, 5) is 0. The molecule has 0 N–H and O–H groups in total. The topological polar surface area (TPSA) is 9.23 Å². The lowest BCUT2D eigenvalue weighted by molar-refractivity contribution is 0.203. The minimum atomic E-state index is -0.0611. The maximum Gasteiger partial charge on any atom is 0.137 e. The monoisotopic (exact) mass is 156 g/mol. The van der Waals surface area contributed by atoms with Gasteiger partial charge in [-0.25, -0.2) is 4.39 Å². The molecular formula is C9H13FO. The predicted molar refractivity (Wildman–Crippen MR) is 42.8 cm³/mol. The van der Waals surface area contributed by atoms with Gasteiger partial charge in [-0.3, -0.25) is 0 Å². The third-order valence-corrected chi connectivity index (χ3v) is 1.70. The van der Waals surface area contributed by atoms with E-state index < -0.39 is 0 Å². The van der Waals surface area contributed by atoms with Crippen LogP contribution in [0.2, 0.25) is 0 Å². The molecule has 0 aromatic carbocycles. The van der Waals surface area contributed by atoms with Gasteiger partial charge in [0.25, 0.3) is 0 Å². The second-order valence-electron chi connectivity index (χ2n) is 2.61. The van der Waals surface area contributed by atoms with Crippen LogP contribution >= 0.6 is 0 Å². The summed E-state index contributed by atoms with van der Waals surface area (Å²) >= 11 is 0. The molecule has 0 amide bonds. The Kier molecular flexibility index (Phi) is 3.14. The van der Waals surface area contributed by atoms with Gasteiger partial charge in [0.1, 0.15) is 11.6 Å². The van der Waals surface area contributed by atoms with Crippen molar-refractivity contribution < 1.29 is 9.13 Å². The van der Waals surface area contributed by atoms with E-state index in [0.717, 1.165) is 19.3 Å². The Morgan fingerprint density at radius 2 is 2.36 bits per heavy atom. The molecule has 0 radical (unpaired) electrons. The molecule has 0 saturated carbocycles. The summed E-state index contributed by atoms with van der Waals surface area (Å²) in [7, 11) is 0. The van der Waals surface area contributed by atoms with Gasteiger partial charge in [0.15, 0.2) is 0 Å². The van der Waals surface area contributed by atoms with Gasteiger partial charge in [0.2, 0.25) is 0 Å². The SMILES string of the molecule is C=CCCOC1=C(F)CCC1. The lowest BCUT2D eigenvalue weighted by Crippen LogP contribution is -1.92. The normalized spacial score (nSPS) is 17.2. The number of rotatable bonds is 4. The Balaban J connectivity index is 2.25. The summed E-state index contributed by atoms with van der Waals surface area (Å²) < 4.78 is 17.9. The summed E-state index contributed by atoms with van der Waals surface area (Å²) in [6.07, 6.45) is 4.78. The van der Waals surface area contributed by atoms with E-state index in [0.29, 0.717) is 18.8 Å². The van der Waals surface area contributed by atoms with E-state index in [-0.39, 0.29) is 5.83 Å². The largest absolute Gasteiger partial charge is 0.495 e. The van der Waals surface area contributed by atoms with Gasteiger partial charge in [-0.1, -0.05) is 6.08 Å². The molecule has 0 atom stereocenters. The van der Waals surface area contributed by atoms with Crippen LogP contribution in [-0.2, 0) is 4.74 Å². The first-order valence-corrected chi connectivity index (χ1v) is 3.96. The summed E-state index contributed by atoms with van der Waals surface area (Å²) in [6, 6.07) is 0. The molecule has 62 valence electrons. The standard InChI is InChI=1S/C9H13FO/c1-2-3-7-11-9-6-4-5-8(9)10/h2H,1,3-7H2. The van der Waals surface area contributed by atoms with Crippen molar-refractivity contribution in [2.75, 3.05) is 6.61 Å². The Morgan fingerprint density at radius 1 is 1.55 bits per heavy atom. The van der Waals surface area contributed by atoms with Crippen molar-refractivity contribution in [1.82, 2.24) is 0 Å². The first-order valence-electron chi connectivity index (χ1n) is 3.96. The fourth-order valence-corrected chi connectivity index (χ4v) is 1.10. The highest BCUT2D eigenvalue weighted by atomic mass is 19.1. The first kappa shape index (κ1) is 8.31. The zero-order valence-electron chi connectivity index (χ0n) is 6.61. The maximum atomic E-state index is 12.7. The quantitative estimate of drug-likeness (QED) is 0.449. The molecule has 0 spiro atoms. The van der Waals surface area contributed by atoms with Crippen molar-refractivity contribution in [3.05, 3.63) is 24.2 Å². The number of allylic oxidation sites excluding steroid dienone is 2. The third-order valence-electron chi connectivity index (χ3n) is 1.70. The predicted octanol–water partition coefficient (Wildman–Crippen LogP) is 2.94. The molecule has 0 heterocycles. The van der Waals surface area contributed by atoms with E-state index >= 15 is 0 Å². The van der Waals surface area contributed by atoms with Gasteiger partial charge in [-0.2, -0.15) is 0 Å². The molecule has 0 bridgehead atoms. The molecule has 0 fully saturated rings. The molecule has 0 aromatic heterocycles. The van der Waals surface area contributed by atoms with Crippen LogP contribution in [0.25, 0.3) is 0 Å². The highest BCUT2D eigenvalue weighted by Gasteiger charge is 2.14. The lowest BCUT2D eigenvalue weighted by atomic mass is 10.3. The van der Waals surface area contributed by atoms with Crippen molar-refractivity contribution >= 4 is 0 Å². The van der Waals surface area contributed by atoms with E-state index in [1.54, 1.807) is 6.08 Å². The van der Waals surface area contributed by atoms with E-state index in [1.807, 2.05) is 0 Å². The van der Waals surface area contributed by atoms with Crippen LogP contribution in [-0.4, -0.2) is 6.61 Å². The number of hydrogen-bond donors (Lipinski definition) is 0. The molecule has 0 unspecified atom stereocenters. The Morgan fingerprint density at radius 3 is 2.91 bits per heavy atom. The van der Waals surface area contributed by atoms with Crippen LogP contribution < -0.4 is 0 Å². The van der Waals surface area contributed by atoms with Gasteiger partial charge < -0.3 is 4.74 Å². The molecule has 1 aliphatic carbocycles. The number of halogens is 1. The van der Waals surface area contributed by atoms with Gasteiger partial charge in [-0.15, -0.1) is 6.58 Å². The highest BCUT2D eigenvalue weighted by molar-refractivity contribution is 5.06. The summed E-state index contributed by atoms with van der Waals surface area (Å²) in [5.74, 6) is 0.501. The van der Waals surface area contributed by atoms with Gasteiger partial charge in [-0.05, 0) is 12.8 Å². The second kappa shape index (κ2) is 4.16. The van der Waals surface area contributed by atoms with E-state index in [2.05, 4.69) is 6.58 Å². The molecule has 1 rings (SSSR count). The van der Waals surface area contributed by atoms with E-state index in [4.69, 9.17) is 4.74 Å². The van der Waals surface area contributed by atoms with Crippen LogP contribution in [0.3, 0.4) is 0 Å². The fraction of sp³-hybridized carbons (Fsp3) is 0.556. The smallest absolute Gasteiger partial charge is 0.137 e. The van der Waals surface area contributed by atoms with Crippen LogP contribution in [0.1, 0.15) is 25.7 Å². The maximum absolute atomic E-state index is 12.7. The summed E-state index contributed by atoms with van der Waals surface area (Å²) in [5, 5.41) is 0. The molecule has 2 heteroatoms. The van der Waals surface area contributed by atoms with Crippen molar-refractivity contribution in [2.24, 2.45) is 0 Å². The summed E-state index contributed by atoms with van der Waals surface area (Å²) in [6.45, 7) is 4.12. The molecule has 0 aliphatic heterocycles. The van der Waals surface area contributed by atoms with Crippen molar-refractivity contribution in [2.45, 2.75) is 25.7 Å². The lowest BCUT2D eigenvalue weighted by Gasteiger charge is -2.03. The molecule has 1 aliphatic rings. The number of ether oxygens (including phenoxy) is 1. The zero-order chi connectivity index (χ0) is 8.10. The molecule has 11 heavy (non-hydrogen) atoms. The number of hydrogen-bond acceptors (Lipinski definition) is 1. The average molecular weight is 156 g/mol. The summed E-state index contributed by atoms with van der Waals surface area (Å²) in [5.41, 5.74) is 0. The second-order valence-corrected chi connectivity index (χ2v) is 2.61. The minimum absolute atomic E-state index is 0.0611. The molecule has 1 nitrogen and oxygen atoms in total. The van der Waals surface area contributed by atoms with Crippen molar-refractivity contribution in [1.29, 1.82) is 0 Å². The Bertz CT molecular complexity index is 172. The van der Waals surface area contributed by atoms with Crippen LogP contribution in [0.4, 0.5) is 4.39 Å². The average Bonchev–Trinajstić information content (AvgIpc) is 2.37. The van der Waals surface area contributed by atoms with Gasteiger partial charge in [0, 0.05) is 12.8 Å². The Hall–Kier alpha value is -0.790. The van der Waals surface area contributed by atoms with E-state index in [9.17, 15) is 4.39 Å². The third kappa shape index (κ3) is 2.37. The minimum Gasteiger partial charge on any atom is -0.495 e. The van der Waals surface area contributed by atoms with Crippen molar-refractivity contribution in [3.8, 4) is 0 Å². The fourth-order valence-electron chi connectivity index (χ4n) is 1.10. The van der Waals surface area contributed by atoms with Crippen LogP contribution in [0, 0.1) is 0 Å². The van der Waals surface area contributed by atoms with Crippen LogP contribution in [0.5, 0.6) is 0 Å². The van der Waals surface area contributed by atoms with E-state index in [1.165, 1.54) is 0 Å². The van der Waals surface area contributed by atoms with Gasteiger partial charge in [0.05, 0.1) is 6.61 Å². The molecule has 0 aromatic rings. The highest BCUT2D eigenvalue weighted by Crippen LogP contribution is 2.27. The first-order chi connectivity index (χ1) is 5.34.